The number of benzene rings is 2. The number of hydrogen-bond donors (Lipinski definition) is 0. The fourth-order valence-electron chi connectivity index (χ4n) is 2.53. The summed E-state index contributed by atoms with van der Waals surface area (Å²) in [7, 11) is -3.15. The first-order valence-electron chi connectivity index (χ1n) is 6.34. The monoisotopic (exact) mass is 310 g/mol. The standard InChI is InChI=1S/C16H17O3P.Na/c1-10-8-11(2)15(12(3)9-10)16(17)13-6-4-5-7-14(13)20(18)19;/h4-9,20H,1-3H3,(H,18,19);/q;+1/p-1. The Morgan fingerprint density at radius 3 is 2.10 bits per heavy atom. The molecule has 0 radical (unpaired) electrons. The van der Waals surface area contributed by atoms with Crippen LogP contribution in [0.15, 0.2) is 36.4 Å². The van der Waals surface area contributed by atoms with Crippen LogP contribution in [0.3, 0.4) is 0 Å². The average Bonchev–Trinajstić information content (AvgIpc) is 2.37. The molecule has 0 saturated heterocycles. The zero-order chi connectivity index (χ0) is 14.9. The molecule has 2 aromatic rings. The molecule has 0 amide bonds. The van der Waals surface area contributed by atoms with Crippen LogP contribution in [-0.2, 0) is 4.57 Å². The Kier molecular flexibility index (Phi) is 6.58. The smallest absolute Gasteiger partial charge is 0.798 e. The van der Waals surface area contributed by atoms with Crippen molar-refractivity contribution in [1.82, 2.24) is 0 Å². The second-order valence-electron chi connectivity index (χ2n) is 4.94. The third kappa shape index (κ3) is 3.94. The predicted octanol–water partition coefficient (Wildman–Crippen LogP) is -0.693. The molecule has 1 unspecified atom stereocenters. The summed E-state index contributed by atoms with van der Waals surface area (Å²) in [6.45, 7) is 5.71. The van der Waals surface area contributed by atoms with Gasteiger partial charge in [0.05, 0.1) is 0 Å². The Balaban J connectivity index is 0.00000220. The summed E-state index contributed by atoms with van der Waals surface area (Å²) >= 11 is 0. The molecule has 104 valence electrons. The van der Waals surface area contributed by atoms with Crippen LogP contribution in [0, 0.1) is 20.8 Å². The fourth-order valence-corrected chi connectivity index (χ4v) is 3.18. The van der Waals surface area contributed by atoms with Gasteiger partial charge in [-0.2, -0.15) is 0 Å². The average molecular weight is 310 g/mol. The van der Waals surface area contributed by atoms with Gasteiger partial charge in [-0.25, -0.2) is 0 Å². The van der Waals surface area contributed by atoms with Crippen molar-refractivity contribution in [3.8, 4) is 0 Å². The molecule has 0 spiro atoms. The van der Waals surface area contributed by atoms with Crippen molar-refractivity contribution >= 4 is 19.1 Å². The maximum Gasteiger partial charge on any atom is 1.00 e. The van der Waals surface area contributed by atoms with Crippen molar-refractivity contribution < 1.29 is 43.8 Å². The van der Waals surface area contributed by atoms with Gasteiger partial charge in [-0.05, 0) is 31.9 Å². The number of ketones is 1. The van der Waals surface area contributed by atoms with Gasteiger partial charge in [-0.1, -0.05) is 42.0 Å². The van der Waals surface area contributed by atoms with Gasteiger partial charge in [0, 0.05) is 24.5 Å². The maximum absolute atomic E-state index is 12.7. The van der Waals surface area contributed by atoms with Crippen LogP contribution in [0.4, 0.5) is 0 Å². The van der Waals surface area contributed by atoms with Gasteiger partial charge >= 0.3 is 29.6 Å². The molecule has 21 heavy (non-hydrogen) atoms. The van der Waals surface area contributed by atoms with Gasteiger partial charge in [-0.3, -0.25) is 4.79 Å². The first-order valence-corrected chi connectivity index (χ1v) is 7.66. The van der Waals surface area contributed by atoms with Crippen molar-refractivity contribution in [1.29, 1.82) is 0 Å². The number of rotatable bonds is 3. The van der Waals surface area contributed by atoms with Gasteiger partial charge in [0.15, 0.2) is 5.78 Å². The van der Waals surface area contributed by atoms with Crippen LogP contribution < -0.4 is 39.8 Å². The Morgan fingerprint density at radius 1 is 1.05 bits per heavy atom. The summed E-state index contributed by atoms with van der Waals surface area (Å²) in [5.41, 5.74) is 3.66. The number of hydrogen-bond acceptors (Lipinski definition) is 3. The Labute approximate surface area is 147 Å². The molecular weight excluding hydrogens is 294 g/mol. The molecule has 0 aromatic heterocycles. The number of carbonyl (C=O) groups is 1. The van der Waals surface area contributed by atoms with Crippen LogP contribution in [0.5, 0.6) is 0 Å². The van der Waals surface area contributed by atoms with E-state index in [1.807, 2.05) is 32.9 Å². The zero-order valence-corrected chi connectivity index (χ0v) is 15.7. The number of aryl methyl sites for hydroxylation is 3. The Bertz CT molecular complexity index is 687. The van der Waals surface area contributed by atoms with E-state index in [0.29, 0.717) is 5.56 Å². The minimum Gasteiger partial charge on any atom is -0.798 e. The molecule has 0 aliphatic heterocycles. The Hall–Kier alpha value is -0.700. The van der Waals surface area contributed by atoms with E-state index >= 15 is 0 Å². The van der Waals surface area contributed by atoms with Crippen LogP contribution in [0.25, 0.3) is 0 Å². The van der Waals surface area contributed by atoms with E-state index in [9.17, 15) is 14.3 Å². The van der Waals surface area contributed by atoms with E-state index in [1.165, 1.54) is 6.07 Å². The first kappa shape index (κ1) is 18.3. The third-order valence-electron chi connectivity index (χ3n) is 3.30. The molecule has 2 aromatic carbocycles. The van der Waals surface area contributed by atoms with Crippen molar-refractivity contribution in [2.24, 2.45) is 0 Å². The quantitative estimate of drug-likeness (QED) is 0.428. The summed E-state index contributed by atoms with van der Waals surface area (Å²) in [4.78, 5) is 24.0. The van der Waals surface area contributed by atoms with Crippen molar-refractivity contribution in [2.75, 3.05) is 0 Å². The Morgan fingerprint density at radius 2 is 1.57 bits per heavy atom. The molecular formula is C16H16NaO3P. The minimum absolute atomic E-state index is 0. The molecule has 0 saturated carbocycles. The van der Waals surface area contributed by atoms with Gasteiger partial charge in [-0.15, -0.1) is 0 Å². The third-order valence-corrected chi connectivity index (χ3v) is 4.17. The molecule has 0 N–H and O–H groups in total. The van der Waals surface area contributed by atoms with E-state index in [-0.39, 0.29) is 46.2 Å². The van der Waals surface area contributed by atoms with Crippen LogP contribution in [0.1, 0.15) is 32.6 Å². The van der Waals surface area contributed by atoms with Gasteiger partial charge in [0.1, 0.15) is 0 Å². The van der Waals surface area contributed by atoms with Crippen molar-refractivity contribution in [2.45, 2.75) is 20.8 Å². The molecule has 0 aliphatic carbocycles. The molecule has 0 heterocycles. The topological polar surface area (TPSA) is 57.2 Å². The molecule has 0 aliphatic rings. The van der Waals surface area contributed by atoms with Crippen LogP contribution in [-0.4, -0.2) is 5.78 Å². The zero-order valence-electron chi connectivity index (χ0n) is 12.7. The number of carbonyl (C=O) groups excluding carboxylic acids is 1. The second kappa shape index (κ2) is 7.53. The predicted molar refractivity (Wildman–Crippen MR) is 79.2 cm³/mol. The molecule has 5 heteroatoms. The molecule has 1 atom stereocenters. The summed E-state index contributed by atoms with van der Waals surface area (Å²) in [6.07, 6.45) is 0. The van der Waals surface area contributed by atoms with Crippen molar-refractivity contribution in [3.63, 3.8) is 0 Å². The van der Waals surface area contributed by atoms with Crippen molar-refractivity contribution in [3.05, 3.63) is 64.2 Å². The fraction of sp³-hybridized carbons (Fsp3) is 0.188. The minimum atomic E-state index is -3.15. The maximum atomic E-state index is 12.7. The summed E-state index contributed by atoms with van der Waals surface area (Å²) in [6, 6.07) is 10.2. The molecule has 3 nitrogen and oxygen atoms in total. The summed E-state index contributed by atoms with van der Waals surface area (Å²) < 4.78 is 11.3. The van der Waals surface area contributed by atoms with Crippen LogP contribution >= 0.6 is 8.03 Å². The SMILES string of the molecule is Cc1cc(C)c(C(=O)c2ccccc2[PH](=O)[O-])c(C)c1.[Na+]. The van der Waals surface area contributed by atoms with E-state index < -0.39 is 8.03 Å². The summed E-state index contributed by atoms with van der Waals surface area (Å²) in [5, 5.41) is 0.113. The van der Waals surface area contributed by atoms with Crippen LogP contribution in [0.2, 0.25) is 0 Å². The van der Waals surface area contributed by atoms with Gasteiger partial charge < -0.3 is 9.46 Å². The van der Waals surface area contributed by atoms with Gasteiger partial charge in [0.2, 0.25) is 0 Å². The van der Waals surface area contributed by atoms with E-state index in [2.05, 4.69) is 0 Å². The van der Waals surface area contributed by atoms with E-state index in [0.717, 1.165) is 16.7 Å². The largest absolute Gasteiger partial charge is 1.00 e. The normalized spacial score (nSPS) is 11.6. The van der Waals surface area contributed by atoms with Gasteiger partial charge in [0.25, 0.3) is 0 Å². The second-order valence-corrected chi connectivity index (χ2v) is 6.05. The molecule has 0 bridgehead atoms. The van der Waals surface area contributed by atoms with E-state index in [1.54, 1.807) is 18.2 Å². The van der Waals surface area contributed by atoms with E-state index in [4.69, 9.17) is 0 Å². The summed E-state index contributed by atoms with van der Waals surface area (Å²) in [5.74, 6) is -0.232. The molecule has 0 fully saturated rings. The molecule has 2 rings (SSSR count). The first-order chi connectivity index (χ1) is 9.41.